The number of nitrogens with one attached hydrogen (secondary N) is 2. The number of imidazole rings is 1. The number of carbonyl (C=O) groups is 3. The van der Waals surface area contributed by atoms with Gasteiger partial charge in [-0.3, -0.25) is 14.4 Å². The van der Waals surface area contributed by atoms with Gasteiger partial charge in [-0.1, -0.05) is 23.2 Å². The van der Waals surface area contributed by atoms with Gasteiger partial charge in [0, 0.05) is 44.5 Å². The number of ether oxygens (including phenoxy) is 1. The molecule has 2 aliphatic rings. The lowest BCUT2D eigenvalue weighted by molar-refractivity contribution is -0.134. The number of benzene rings is 2. The van der Waals surface area contributed by atoms with E-state index in [1.807, 2.05) is 0 Å². The SMILES string of the molecule is COc1ccc(-c2cnc(C(=O)Nc3ccc(C(=O)N4CCN(C(=O)[C@H]5CCCN5)CC4)c(Cl)c3)n2C)c(Cl)c1F. The first-order valence-electron chi connectivity index (χ1n) is 13.2. The Balaban J connectivity index is 1.23. The Bertz CT molecular complexity index is 1500. The van der Waals surface area contributed by atoms with E-state index in [0.717, 1.165) is 19.4 Å². The van der Waals surface area contributed by atoms with Crippen molar-refractivity contribution in [1.29, 1.82) is 0 Å². The molecule has 1 atom stereocenters. The van der Waals surface area contributed by atoms with Crippen LogP contribution in [0.15, 0.2) is 36.5 Å². The molecular weight excluding hydrogens is 574 g/mol. The Morgan fingerprint density at radius 3 is 2.49 bits per heavy atom. The molecule has 0 radical (unpaired) electrons. The van der Waals surface area contributed by atoms with E-state index < -0.39 is 11.7 Å². The molecule has 41 heavy (non-hydrogen) atoms. The fraction of sp³-hybridized carbons (Fsp3) is 0.357. The zero-order chi connectivity index (χ0) is 29.3. The summed E-state index contributed by atoms with van der Waals surface area (Å²) in [7, 11) is 2.96. The number of halogens is 3. The van der Waals surface area contributed by atoms with Crippen LogP contribution in [0, 0.1) is 5.82 Å². The maximum Gasteiger partial charge on any atom is 0.291 e. The van der Waals surface area contributed by atoms with Crippen LogP contribution in [0.25, 0.3) is 11.3 Å². The Morgan fingerprint density at radius 1 is 1.10 bits per heavy atom. The monoisotopic (exact) mass is 602 g/mol. The lowest BCUT2D eigenvalue weighted by atomic mass is 10.1. The van der Waals surface area contributed by atoms with Crippen LogP contribution in [-0.2, 0) is 11.8 Å². The van der Waals surface area contributed by atoms with Gasteiger partial charge < -0.3 is 29.7 Å². The van der Waals surface area contributed by atoms with E-state index in [1.54, 1.807) is 35.0 Å². The molecule has 1 aromatic heterocycles. The fourth-order valence-electron chi connectivity index (χ4n) is 5.13. The fourth-order valence-corrected chi connectivity index (χ4v) is 5.64. The minimum absolute atomic E-state index is 0.00641. The maximum absolute atomic E-state index is 14.5. The van der Waals surface area contributed by atoms with E-state index in [1.165, 1.54) is 30.0 Å². The van der Waals surface area contributed by atoms with Crippen molar-refractivity contribution < 1.29 is 23.5 Å². The molecule has 0 bridgehead atoms. The summed E-state index contributed by atoms with van der Waals surface area (Å²) in [5.74, 6) is -1.32. The van der Waals surface area contributed by atoms with Gasteiger partial charge in [0.2, 0.25) is 5.91 Å². The van der Waals surface area contributed by atoms with E-state index in [4.69, 9.17) is 27.9 Å². The summed E-state index contributed by atoms with van der Waals surface area (Å²) in [5.41, 5.74) is 1.46. The minimum Gasteiger partial charge on any atom is -0.494 e. The molecule has 216 valence electrons. The Morgan fingerprint density at radius 2 is 1.83 bits per heavy atom. The number of amides is 3. The highest BCUT2D eigenvalue weighted by atomic mass is 35.5. The predicted octanol–water partition coefficient (Wildman–Crippen LogP) is 3.83. The van der Waals surface area contributed by atoms with Crippen LogP contribution in [0.4, 0.5) is 10.1 Å². The molecule has 0 unspecified atom stereocenters. The number of aromatic nitrogens is 2. The van der Waals surface area contributed by atoms with Gasteiger partial charge in [-0.25, -0.2) is 9.37 Å². The third-order valence-corrected chi connectivity index (χ3v) is 8.11. The van der Waals surface area contributed by atoms with Crippen LogP contribution in [0.5, 0.6) is 5.75 Å². The van der Waals surface area contributed by atoms with Crippen molar-refractivity contribution in [3.05, 3.63) is 63.8 Å². The standard InChI is InChI=1S/C28H29Cl2FN6O4/c1-35-21(18-7-8-22(41-2)24(31)23(18)30)15-33-25(35)26(38)34-16-5-6-17(19(29)14-16)27(39)36-10-12-37(13-11-36)28(40)20-4-3-9-32-20/h5-8,14-15,20,32H,3-4,9-13H2,1-2H3,(H,34,38)/t20-/m1/s1. The number of hydrogen-bond donors (Lipinski definition) is 2. The zero-order valence-electron chi connectivity index (χ0n) is 22.5. The second-order valence-corrected chi connectivity index (χ2v) is 10.7. The zero-order valence-corrected chi connectivity index (χ0v) is 24.1. The van der Waals surface area contributed by atoms with Gasteiger partial charge in [0.05, 0.1) is 40.7 Å². The van der Waals surface area contributed by atoms with Crippen molar-refractivity contribution in [3.63, 3.8) is 0 Å². The van der Waals surface area contributed by atoms with Crippen LogP contribution in [-0.4, -0.2) is 82.9 Å². The van der Waals surface area contributed by atoms with Gasteiger partial charge in [0.25, 0.3) is 11.8 Å². The number of nitrogens with zero attached hydrogens (tertiary/aromatic N) is 4. The second kappa shape index (κ2) is 12.1. The van der Waals surface area contributed by atoms with E-state index in [9.17, 15) is 18.8 Å². The number of carbonyl (C=O) groups excluding carboxylic acids is 3. The number of methoxy groups -OCH3 is 1. The average Bonchev–Trinajstić information content (AvgIpc) is 3.64. The third kappa shape index (κ3) is 5.74. The average molecular weight is 603 g/mol. The molecule has 2 N–H and O–H groups in total. The van der Waals surface area contributed by atoms with Crippen molar-refractivity contribution >= 4 is 46.6 Å². The molecule has 3 aromatic rings. The van der Waals surface area contributed by atoms with Crippen molar-refractivity contribution in [3.8, 4) is 17.0 Å². The highest BCUT2D eigenvalue weighted by Gasteiger charge is 2.31. The quantitative estimate of drug-likeness (QED) is 0.444. The van der Waals surface area contributed by atoms with Gasteiger partial charge in [-0.2, -0.15) is 0 Å². The van der Waals surface area contributed by atoms with Crippen LogP contribution in [0.3, 0.4) is 0 Å². The van der Waals surface area contributed by atoms with Crippen LogP contribution >= 0.6 is 23.2 Å². The van der Waals surface area contributed by atoms with Crippen molar-refractivity contribution in [2.24, 2.45) is 7.05 Å². The highest BCUT2D eigenvalue weighted by Crippen LogP contribution is 2.35. The molecule has 2 aromatic carbocycles. The van der Waals surface area contributed by atoms with Gasteiger partial charge in [0.15, 0.2) is 17.4 Å². The molecule has 5 rings (SSSR count). The first-order valence-corrected chi connectivity index (χ1v) is 13.9. The molecule has 3 heterocycles. The van der Waals surface area contributed by atoms with Crippen molar-refractivity contribution in [2.75, 3.05) is 45.2 Å². The van der Waals surface area contributed by atoms with E-state index in [2.05, 4.69) is 15.6 Å². The van der Waals surface area contributed by atoms with Gasteiger partial charge in [-0.15, -0.1) is 0 Å². The van der Waals surface area contributed by atoms with E-state index >= 15 is 0 Å². The van der Waals surface area contributed by atoms with Crippen LogP contribution in [0.1, 0.15) is 33.8 Å². The summed E-state index contributed by atoms with van der Waals surface area (Å²) in [6.07, 6.45) is 3.26. The smallest absolute Gasteiger partial charge is 0.291 e. The molecule has 0 aliphatic carbocycles. The Hall–Kier alpha value is -3.67. The lowest BCUT2D eigenvalue weighted by Crippen LogP contribution is -2.54. The maximum atomic E-state index is 14.5. The molecule has 2 aliphatic heterocycles. The first kappa shape index (κ1) is 28.8. The molecule has 2 saturated heterocycles. The summed E-state index contributed by atoms with van der Waals surface area (Å²) < 4.78 is 20.9. The summed E-state index contributed by atoms with van der Waals surface area (Å²) >= 11 is 12.7. The molecule has 3 amide bonds. The van der Waals surface area contributed by atoms with Crippen molar-refractivity contribution in [1.82, 2.24) is 24.7 Å². The molecule has 2 fully saturated rings. The molecular formula is C28H29Cl2FN6O4. The van der Waals surface area contributed by atoms with Gasteiger partial charge >= 0.3 is 0 Å². The van der Waals surface area contributed by atoms with Gasteiger partial charge in [-0.05, 0) is 49.7 Å². The van der Waals surface area contributed by atoms with Crippen LogP contribution < -0.4 is 15.4 Å². The second-order valence-electron chi connectivity index (χ2n) is 9.88. The normalized spacial score (nSPS) is 17.0. The predicted molar refractivity (Wildman–Crippen MR) is 153 cm³/mol. The number of anilines is 1. The van der Waals surface area contributed by atoms with Crippen molar-refractivity contribution in [2.45, 2.75) is 18.9 Å². The first-order chi connectivity index (χ1) is 19.7. The van der Waals surface area contributed by atoms with Gasteiger partial charge in [0.1, 0.15) is 0 Å². The summed E-state index contributed by atoms with van der Waals surface area (Å²) in [6.45, 7) is 2.61. The molecule has 10 nitrogen and oxygen atoms in total. The lowest BCUT2D eigenvalue weighted by Gasteiger charge is -2.36. The molecule has 13 heteroatoms. The minimum atomic E-state index is -0.708. The Labute approximate surface area is 246 Å². The summed E-state index contributed by atoms with van der Waals surface area (Å²) in [4.78, 5) is 46.5. The largest absolute Gasteiger partial charge is 0.494 e. The third-order valence-electron chi connectivity index (χ3n) is 7.43. The number of piperazine rings is 1. The summed E-state index contributed by atoms with van der Waals surface area (Å²) in [5, 5.41) is 5.99. The Kier molecular flexibility index (Phi) is 8.48. The molecule has 0 spiro atoms. The summed E-state index contributed by atoms with van der Waals surface area (Å²) in [6, 6.07) is 7.55. The van der Waals surface area contributed by atoms with Crippen LogP contribution in [0.2, 0.25) is 10.0 Å². The van der Waals surface area contributed by atoms with E-state index in [0.29, 0.717) is 48.7 Å². The number of hydrogen-bond acceptors (Lipinski definition) is 6. The number of rotatable bonds is 6. The van der Waals surface area contributed by atoms with E-state index in [-0.39, 0.29) is 39.5 Å². The highest BCUT2D eigenvalue weighted by molar-refractivity contribution is 6.34. The topological polar surface area (TPSA) is 109 Å². The molecule has 0 saturated carbocycles.